The van der Waals surface area contributed by atoms with Crippen molar-refractivity contribution in [3.63, 3.8) is 0 Å². The lowest BCUT2D eigenvalue weighted by Crippen LogP contribution is -2.30. The van der Waals surface area contributed by atoms with Crippen molar-refractivity contribution < 1.29 is 4.39 Å². The van der Waals surface area contributed by atoms with E-state index in [1.165, 1.54) is 12.1 Å². The largest absolute Gasteiger partial charge is 0.362 e. The molecule has 1 aromatic heterocycles. The minimum absolute atomic E-state index is 0.213. The van der Waals surface area contributed by atoms with Gasteiger partial charge in [-0.1, -0.05) is 0 Å². The molecule has 1 heterocycles. The average Bonchev–Trinajstić information content (AvgIpc) is 2.80. The number of anilines is 1. The summed E-state index contributed by atoms with van der Waals surface area (Å²) in [5, 5.41) is 0. The van der Waals surface area contributed by atoms with E-state index < -0.39 is 0 Å². The summed E-state index contributed by atoms with van der Waals surface area (Å²) in [6, 6.07) is 6.86. The van der Waals surface area contributed by atoms with Gasteiger partial charge in [-0.2, -0.15) is 0 Å². The molecule has 1 aromatic carbocycles. The van der Waals surface area contributed by atoms with Gasteiger partial charge >= 0.3 is 0 Å². The van der Waals surface area contributed by atoms with E-state index in [0.29, 0.717) is 12.6 Å². The van der Waals surface area contributed by atoms with Crippen LogP contribution in [0, 0.1) is 5.82 Å². The monoisotopic (exact) mass is 233 g/mol. The van der Waals surface area contributed by atoms with Crippen molar-refractivity contribution in [1.29, 1.82) is 0 Å². The maximum Gasteiger partial charge on any atom is 0.125 e. The van der Waals surface area contributed by atoms with E-state index in [-0.39, 0.29) is 5.82 Å². The first-order valence-corrected chi connectivity index (χ1v) is 5.67. The van der Waals surface area contributed by atoms with Crippen LogP contribution < -0.4 is 4.90 Å². The van der Waals surface area contributed by atoms with Gasteiger partial charge in [-0.05, 0) is 38.1 Å². The predicted molar refractivity (Wildman–Crippen MR) is 66.3 cm³/mol. The van der Waals surface area contributed by atoms with Crippen LogP contribution in [0.1, 0.15) is 19.7 Å². The Labute approximate surface area is 100 Å². The molecular formula is C13H16FN3. The number of halogens is 1. The molecule has 0 radical (unpaired) electrons. The number of aromatic amines is 1. The van der Waals surface area contributed by atoms with Crippen LogP contribution in [0.4, 0.5) is 10.1 Å². The summed E-state index contributed by atoms with van der Waals surface area (Å²) in [6.45, 7) is 4.90. The normalized spacial score (nSPS) is 10.8. The minimum atomic E-state index is -0.213. The van der Waals surface area contributed by atoms with E-state index in [1.54, 1.807) is 24.5 Å². The summed E-state index contributed by atoms with van der Waals surface area (Å²) in [6.07, 6.45) is 3.54. The van der Waals surface area contributed by atoms with Crippen molar-refractivity contribution in [1.82, 2.24) is 9.97 Å². The van der Waals surface area contributed by atoms with Gasteiger partial charge in [0, 0.05) is 24.1 Å². The van der Waals surface area contributed by atoms with Gasteiger partial charge in [0.1, 0.15) is 11.6 Å². The fourth-order valence-electron chi connectivity index (χ4n) is 1.75. The van der Waals surface area contributed by atoms with Gasteiger partial charge in [0.05, 0.1) is 6.54 Å². The zero-order valence-electron chi connectivity index (χ0n) is 10.0. The summed E-state index contributed by atoms with van der Waals surface area (Å²) in [5.74, 6) is 0.693. The first-order valence-electron chi connectivity index (χ1n) is 5.67. The topological polar surface area (TPSA) is 31.9 Å². The number of hydrogen-bond acceptors (Lipinski definition) is 2. The van der Waals surface area contributed by atoms with Gasteiger partial charge < -0.3 is 9.88 Å². The van der Waals surface area contributed by atoms with Crippen LogP contribution in [-0.4, -0.2) is 16.0 Å². The third-order valence-corrected chi connectivity index (χ3v) is 2.66. The molecule has 0 spiro atoms. The molecule has 2 aromatic rings. The summed E-state index contributed by atoms with van der Waals surface area (Å²) in [7, 11) is 0. The molecule has 1 N–H and O–H groups in total. The van der Waals surface area contributed by atoms with Crippen LogP contribution in [-0.2, 0) is 6.54 Å². The van der Waals surface area contributed by atoms with Crippen LogP contribution in [0.3, 0.4) is 0 Å². The molecule has 0 atom stereocenters. The lowest BCUT2D eigenvalue weighted by Gasteiger charge is -2.28. The SMILES string of the molecule is CC(C)N(Cc1ncc[nH]1)c1ccc(F)cc1. The third-order valence-electron chi connectivity index (χ3n) is 2.66. The smallest absolute Gasteiger partial charge is 0.125 e. The molecule has 0 saturated heterocycles. The molecule has 0 aliphatic carbocycles. The Morgan fingerprint density at radius 2 is 2.00 bits per heavy atom. The molecule has 0 aliphatic rings. The lowest BCUT2D eigenvalue weighted by molar-refractivity contribution is 0.624. The van der Waals surface area contributed by atoms with Crippen molar-refractivity contribution in [2.45, 2.75) is 26.4 Å². The molecule has 3 nitrogen and oxygen atoms in total. The Morgan fingerprint density at radius 3 is 2.53 bits per heavy atom. The van der Waals surface area contributed by atoms with Crippen LogP contribution in [0.2, 0.25) is 0 Å². The predicted octanol–water partition coefficient (Wildman–Crippen LogP) is 2.96. The van der Waals surface area contributed by atoms with E-state index >= 15 is 0 Å². The molecule has 2 rings (SSSR count). The minimum Gasteiger partial charge on any atom is -0.362 e. The van der Waals surface area contributed by atoms with Gasteiger partial charge in [-0.25, -0.2) is 9.37 Å². The quantitative estimate of drug-likeness (QED) is 0.880. The van der Waals surface area contributed by atoms with E-state index in [0.717, 1.165) is 11.5 Å². The van der Waals surface area contributed by atoms with Crippen molar-refractivity contribution in [3.8, 4) is 0 Å². The number of benzene rings is 1. The first kappa shape index (κ1) is 11.6. The van der Waals surface area contributed by atoms with Gasteiger partial charge in [0.15, 0.2) is 0 Å². The van der Waals surface area contributed by atoms with E-state index in [1.807, 2.05) is 0 Å². The molecule has 0 amide bonds. The van der Waals surface area contributed by atoms with Crippen molar-refractivity contribution in [2.75, 3.05) is 4.90 Å². The second kappa shape index (κ2) is 4.99. The number of rotatable bonds is 4. The number of nitrogens with one attached hydrogen (secondary N) is 1. The number of imidazole rings is 1. The third kappa shape index (κ3) is 2.84. The summed E-state index contributed by atoms with van der Waals surface area (Å²) >= 11 is 0. The van der Waals surface area contributed by atoms with Crippen molar-refractivity contribution in [3.05, 3.63) is 48.3 Å². The standard InChI is InChI=1S/C13H16FN3/c1-10(2)17(9-13-15-7-8-16-13)12-5-3-11(14)4-6-12/h3-8,10H,9H2,1-2H3,(H,15,16). The van der Waals surface area contributed by atoms with E-state index in [2.05, 4.69) is 28.7 Å². The van der Waals surface area contributed by atoms with Crippen LogP contribution in [0.15, 0.2) is 36.7 Å². The highest BCUT2D eigenvalue weighted by Crippen LogP contribution is 2.19. The highest BCUT2D eigenvalue weighted by atomic mass is 19.1. The molecular weight excluding hydrogens is 217 g/mol. The average molecular weight is 233 g/mol. The zero-order valence-corrected chi connectivity index (χ0v) is 10.0. The molecule has 0 bridgehead atoms. The van der Waals surface area contributed by atoms with Crippen molar-refractivity contribution >= 4 is 5.69 Å². The van der Waals surface area contributed by atoms with Crippen LogP contribution in [0.5, 0.6) is 0 Å². The molecule has 0 aliphatic heterocycles. The molecule has 0 unspecified atom stereocenters. The highest BCUT2D eigenvalue weighted by molar-refractivity contribution is 5.47. The number of hydrogen-bond donors (Lipinski definition) is 1. The first-order chi connectivity index (χ1) is 8.16. The second-order valence-corrected chi connectivity index (χ2v) is 4.23. The summed E-state index contributed by atoms with van der Waals surface area (Å²) in [5.41, 5.74) is 0.998. The number of H-pyrrole nitrogens is 1. The van der Waals surface area contributed by atoms with Crippen molar-refractivity contribution in [2.24, 2.45) is 0 Å². The Balaban J connectivity index is 2.20. The van der Waals surface area contributed by atoms with Gasteiger partial charge in [-0.15, -0.1) is 0 Å². The van der Waals surface area contributed by atoms with E-state index in [9.17, 15) is 4.39 Å². The Morgan fingerprint density at radius 1 is 1.29 bits per heavy atom. The molecule has 4 heteroatoms. The Hall–Kier alpha value is -1.84. The van der Waals surface area contributed by atoms with Gasteiger partial charge in [0.2, 0.25) is 0 Å². The second-order valence-electron chi connectivity index (χ2n) is 4.23. The van der Waals surface area contributed by atoms with Crippen LogP contribution in [0.25, 0.3) is 0 Å². The summed E-state index contributed by atoms with van der Waals surface area (Å²) in [4.78, 5) is 9.45. The fourth-order valence-corrected chi connectivity index (χ4v) is 1.75. The maximum atomic E-state index is 12.9. The molecule has 17 heavy (non-hydrogen) atoms. The van der Waals surface area contributed by atoms with Gasteiger partial charge in [-0.3, -0.25) is 0 Å². The number of nitrogens with zero attached hydrogens (tertiary/aromatic N) is 2. The Bertz CT molecular complexity index is 448. The Kier molecular flexibility index (Phi) is 3.42. The molecule has 0 fully saturated rings. The fraction of sp³-hybridized carbons (Fsp3) is 0.308. The summed E-state index contributed by atoms with van der Waals surface area (Å²) < 4.78 is 12.9. The highest BCUT2D eigenvalue weighted by Gasteiger charge is 2.12. The van der Waals surface area contributed by atoms with Gasteiger partial charge in [0.25, 0.3) is 0 Å². The number of aromatic nitrogens is 2. The lowest BCUT2D eigenvalue weighted by atomic mass is 10.2. The van der Waals surface area contributed by atoms with E-state index in [4.69, 9.17) is 0 Å². The molecule has 90 valence electrons. The van der Waals surface area contributed by atoms with Crippen LogP contribution >= 0.6 is 0 Å². The zero-order chi connectivity index (χ0) is 12.3. The molecule has 0 saturated carbocycles. The maximum absolute atomic E-state index is 12.9.